The van der Waals surface area contributed by atoms with Crippen molar-refractivity contribution in [2.45, 2.75) is 25.2 Å². The van der Waals surface area contributed by atoms with Crippen LogP contribution in [0.3, 0.4) is 0 Å². The van der Waals surface area contributed by atoms with Crippen LogP contribution < -0.4 is 14.8 Å². The topological polar surface area (TPSA) is 169 Å². The Morgan fingerprint density at radius 3 is 1.81 bits per heavy atom. The van der Waals surface area contributed by atoms with Crippen molar-refractivity contribution in [2.24, 2.45) is 0 Å². The largest absolute Gasteiger partial charge is 0.492 e. The van der Waals surface area contributed by atoms with Crippen molar-refractivity contribution < 1.29 is 44.3 Å². The molecule has 0 aliphatic rings. The number of hydrogen-bond donors (Lipinski definition) is 6. The molecule has 0 radical (unpaired) electrons. The molecule has 3 aromatic carbocycles. The standard InChI is InChI=1S/C30H36B2N2O9/c1-4-25(20-8-6-5-7-9-20)26(21-10-14-23(15-11-21)42-19-18-33-2)22-12-16-24(17-13-22)43-30(37)28(32(40)41)34(3)27(29(35)36)31(38)39/h5-17,27-28,33,38-41H,4,18-19H2,1-3H3,(H,35,36). The summed E-state index contributed by atoms with van der Waals surface area (Å²) in [6.45, 7) is 3.32. The van der Waals surface area contributed by atoms with Crippen LogP contribution >= 0.6 is 0 Å². The zero-order valence-corrected chi connectivity index (χ0v) is 24.3. The molecule has 3 rings (SSSR count). The van der Waals surface area contributed by atoms with E-state index in [2.05, 4.69) is 12.2 Å². The molecule has 0 amide bonds. The first-order valence-corrected chi connectivity index (χ1v) is 13.7. The minimum atomic E-state index is -2.40. The fraction of sp³-hybridized carbons (Fsp3) is 0.267. The molecule has 0 spiro atoms. The lowest BCUT2D eigenvalue weighted by Gasteiger charge is -2.30. The van der Waals surface area contributed by atoms with Gasteiger partial charge in [-0.2, -0.15) is 0 Å². The molecule has 6 N–H and O–H groups in total. The minimum absolute atomic E-state index is 0.0645. The number of carboxylic acid groups (broad SMARTS) is 1. The molecule has 0 aromatic heterocycles. The molecule has 43 heavy (non-hydrogen) atoms. The van der Waals surface area contributed by atoms with E-state index in [0.717, 1.165) is 53.6 Å². The number of likely N-dealkylation sites (N-methyl/N-ethyl adjacent to an activating group) is 2. The lowest BCUT2D eigenvalue weighted by atomic mass is 9.72. The molecular formula is C30H36B2N2O9. The van der Waals surface area contributed by atoms with Crippen LogP contribution in [0.4, 0.5) is 0 Å². The summed E-state index contributed by atoms with van der Waals surface area (Å²) >= 11 is 0. The third kappa shape index (κ3) is 8.77. The highest BCUT2D eigenvalue weighted by molar-refractivity contribution is 6.51. The van der Waals surface area contributed by atoms with Gasteiger partial charge >= 0.3 is 26.2 Å². The number of nitrogens with one attached hydrogen (secondary N) is 1. The number of nitrogens with zero attached hydrogens (tertiary/aromatic N) is 1. The Kier molecular flexibility index (Phi) is 12.5. The average molecular weight is 590 g/mol. The van der Waals surface area contributed by atoms with E-state index in [1.165, 1.54) is 12.1 Å². The van der Waals surface area contributed by atoms with E-state index in [1.54, 1.807) is 12.1 Å². The van der Waals surface area contributed by atoms with Crippen molar-refractivity contribution in [3.63, 3.8) is 0 Å². The van der Waals surface area contributed by atoms with Crippen molar-refractivity contribution in [3.8, 4) is 11.5 Å². The third-order valence-corrected chi connectivity index (χ3v) is 6.84. The first-order valence-electron chi connectivity index (χ1n) is 13.7. The van der Waals surface area contributed by atoms with Gasteiger partial charge in [0.05, 0.1) is 0 Å². The number of ether oxygens (including phenoxy) is 2. The van der Waals surface area contributed by atoms with E-state index in [0.29, 0.717) is 11.5 Å². The molecule has 0 aliphatic carbocycles. The molecule has 0 heterocycles. The molecule has 11 nitrogen and oxygen atoms in total. The third-order valence-electron chi connectivity index (χ3n) is 6.84. The predicted octanol–water partition coefficient (Wildman–Crippen LogP) is 1.34. The zero-order chi connectivity index (χ0) is 31.5. The first-order chi connectivity index (χ1) is 20.6. The van der Waals surface area contributed by atoms with Crippen LogP contribution in [0.5, 0.6) is 11.5 Å². The Hall–Kier alpha value is -3.97. The summed E-state index contributed by atoms with van der Waals surface area (Å²) in [4.78, 5) is 25.0. The molecular weight excluding hydrogens is 554 g/mol. The highest BCUT2D eigenvalue weighted by Crippen LogP contribution is 2.35. The van der Waals surface area contributed by atoms with Gasteiger partial charge < -0.3 is 40.0 Å². The molecule has 0 saturated heterocycles. The zero-order valence-electron chi connectivity index (χ0n) is 24.3. The van der Waals surface area contributed by atoms with E-state index in [-0.39, 0.29) is 5.75 Å². The fourth-order valence-corrected chi connectivity index (χ4v) is 4.72. The lowest BCUT2D eigenvalue weighted by molar-refractivity contribution is -0.144. The summed E-state index contributed by atoms with van der Waals surface area (Å²) in [6, 6.07) is 24.3. The number of carbonyl (C=O) groups is 2. The maximum atomic E-state index is 12.9. The van der Waals surface area contributed by atoms with Crippen LogP contribution in [0, 0.1) is 0 Å². The van der Waals surface area contributed by atoms with Gasteiger partial charge in [0.15, 0.2) is 0 Å². The van der Waals surface area contributed by atoms with Gasteiger partial charge in [-0.3, -0.25) is 14.5 Å². The van der Waals surface area contributed by atoms with E-state index in [1.807, 2.05) is 61.6 Å². The van der Waals surface area contributed by atoms with Gasteiger partial charge in [0.1, 0.15) is 30.0 Å². The first kappa shape index (κ1) is 33.5. The number of rotatable bonds is 15. The van der Waals surface area contributed by atoms with Gasteiger partial charge in [0.25, 0.3) is 0 Å². The SMILES string of the molecule is CCC(=C(c1ccc(OCCNC)cc1)c1ccc(OC(=O)C(B(O)O)N(C)C(B(O)O)C(=O)O)cc1)c1ccccc1. The maximum Gasteiger partial charge on any atom is 0.481 e. The van der Waals surface area contributed by atoms with E-state index in [4.69, 9.17) is 9.47 Å². The van der Waals surface area contributed by atoms with Crippen LogP contribution in [-0.4, -0.2) is 95.4 Å². The highest BCUT2D eigenvalue weighted by atomic mass is 16.5. The van der Waals surface area contributed by atoms with Gasteiger partial charge in [-0.15, -0.1) is 0 Å². The summed E-state index contributed by atoms with van der Waals surface area (Å²) in [5, 5.41) is 50.9. The van der Waals surface area contributed by atoms with Crippen molar-refractivity contribution >= 4 is 37.3 Å². The number of carboxylic acids is 1. The number of allylic oxidation sites excluding steroid dienone is 1. The van der Waals surface area contributed by atoms with Crippen LogP contribution in [0.15, 0.2) is 78.9 Å². The molecule has 0 aliphatic heterocycles. The average Bonchev–Trinajstić information content (AvgIpc) is 2.97. The van der Waals surface area contributed by atoms with Gasteiger partial charge in [0.2, 0.25) is 0 Å². The monoisotopic (exact) mass is 590 g/mol. The van der Waals surface area contributed by atoms with Gasteiger partial charge in [-0.25, -0.2) is 0 Å². The summed E-state index contributed by atoms with van der Waals surface area (Å²) < 4.78 is 11.1. The summed E-state index contributed by atoms with van der Waals surface area (Å²) in [5.41, 5.74) is 4.86. The number of aliphatic carboxylic acids is 1. The Bertz CT molecular complexity index is 1370. The van der Waals surface area contributed by atoms with Crippen LogP contribution in [0.25, 0.3) is 11.1 Å². The van der Waals surface area contributed by atoms with Crippen molar-refractivity contribution in [3.05, 3.63) is 95.6 Å². The van der Waals surface area contributed by atoms with Gasteiger partial charge in [0, 0.05) is 6.54 Å². The Morgan fingerprint density at radius 1 is 0.814 bits per heavy atom. The summed E-state index contributed by atoms with van der Waals surface area (Å²) in [7, 11) is -1.87. The second-order valence-electron chi connectivity index (χ2n) is 9.72. The summed E-state index contributed by atoms with van der Waals surface area (Å²) in [6.07, 6.45) is 0.723. The van der Waals surface area contributed by atoms with Crippen LogP contribution in [0.1, 0.15) is 30.0 Å². The lowest BCUT2D eigenvalue weighted by Crippen LogP contribution is -2.61. The molecule has 2 atom stereocenters. The molecule has 0 bridgehead atoms. The molecule has 0 saturated carbocycles. The second-order valence-corrected chi connectivity index (χ2v) is 9.72. The Labute approximate surface area is 251 Å². The molecule has 0 fully saturated rings. The van der Waals surface area contributed by atoms with Gasteiger partial charge in [-0.05, 0) is 72.6 Å². The van der Waals surface area contributed by atoms with Crippen LogP contribution in [0.2, 0.25) is 0 Å². The number of esters is 1. The van der Waals surface area contributed by atoms with E-state index in [9.17, 15) is 34.8 Å². The minimum Gasteiger partial charge on any atom is -0.492 e. The maximum absolute atomic E-state index is 12.9. The molecule has 3 aromatic rings. The Morgan fingerprint density at radius 2 is 1.35 bits per heavy atom. The van der Waals surface area contributed by atoms with Crippen molar-refractivity contribution in [1.29, 1.82) is 0 Å². The molecule has 226 valence electrons. The van der Waals surface area contributed by atoms with Crippen molar-refractivity contribution in [2.75, 3.05) is 27.2 Å². The summed E-state index contributed by atoms with van der Waals surface area (Å²) in [5.74, 6) is -6.00. The van der Waals surface area contributed by atoms with Crippen LogP contribution in [-0.2, 0) is 9.59 Å². The molecule has 13 heteroatoms. The number of hydrogen-bond acceptors (Lipinski definition) is 10. The molecule has 2 unspecified atom stereocenters. The smallest absolute Gasteiger partial charge is 0.481 e. The van der Waals surface area contributed by atoms with E-state index >= 15 is 0 Å². The normalized spacial score (nSPS) is 13.1. The predicted molar refractivity (Wildman–Crippen MR) is 164 cm³/mol. The second kappa shape index (κ2) is 16.0. The van der Waals surface area contributed by atoms with E-state index < -0.39 is 38.1 Å². The quantitative estimate of drug-likeness (QED) is 0.0497. The number of benzene rings is 3. The highest BCUT2D eigenvalue weighted by Gasteiger charge is 2.45. The number of carbonyl (C=O) groups excluding carboxylic acids is 1. The van der Waals surface area contributed by atoms with Crippen molar-refractivity contribution in [1.82, 2.24) is 10.2 Å². The van der Waals surface area contributed by atoms with Gasteiger partial charge in [-0.1, -0.05) is 61.5 Å². The fourth-order valence-electron chi connectivity index (χ4n) is 4.72. The Balaban J connectivity index is 1.95.